The predicted octanol–water partition coefficient (Wildman–Crippen LogP) is 4.16. The summed E-state index contributed by atoms with van der Waals surface area (Å²) >= 11 is 1.45. The van der Waals surface area contributed by atoms with Gasteiger partial charge in [-0.05, 0) is 50.2 Å². The third-order valence-electron chi connectivity index (χ3n) is 4.60. The molecule has 2 aromatic heterocycles. The van der Waals surface area contributed by atoms with Crippen LogP contribution < -0.4 is 10.9 Å². The van der Waals surface area contributed by atoms with Gasteiger partial charge in [0.05, 0.1) is 11.4 Å². The lowest BCUT2D eigenvalue weighted by Gasteiger charge is -2.11. The van der Waals surface area contributed by atoms with E-state index in [-0.39, 0.29) is 17.5 Å². The van der Waals surface area contributed by atoms with Crippen LogP contribution in [0.1, 0.15) is 35.9 Å². The lowest BCUT2D eigenvalue weighted by atomic mass is 10.2. The smallest absolute Gasteiger partial charge is 0.274 e. The molecule has 0 fully saturated rings. The SMILES string of the molecule is CC(C)n1cnc2nc(CSc3ccccc3NC(=O)c3ccc(F)cc3)cc(=O)n21. The Kier molecular flexibility index (Phi) is 5.85. The highest BCUT2D eigenvalue weighted by molar-refractivity contribution is 7.98. The van der Waals surface area contributed by atoms with E-state index < -0.39 is 5.82 Å². The van der Waals surface area contributed by atoms with Crippen LogP contribution in [0.25, 0.3) is 5.78 Å². The molecule has 4 aromatic rings. The zero-order chi connectivity index (χ0) is 22.0. The van der Waals surface area contributed by atoms with Crippen LogP contribution in [-0.2, 0) is 5.75 Å². The fourth-order valence-electron chi connectivity index (χ4n) is 3.05. The van der Waals surface area contributed by atoms with E-state index in [1.165, 1.54) is 46.6 Å². The first-order valence-corrected chi connectivity index (χ1v) is 10.7. The van der Waals surface area contributed by atoms with E-state index in [0.717, 1.165) is 4.90 Å². The van der Waals surface area contributed by atoms with Gasteiger partial charge in [-0.3, -0.25) is 14.3 Å². The molecule has 2 aromatic carbocycles. The first-order chi connectivity index (χ1) is 14.9. The van der Waals surface area contributed by atoms with Gasteiger partial charge in [-0.15, -0.1) is 11.8 Å². The lowest BCUT2D eigenvalue weighted by Crippen LogP contribution is -2.22. The molecule has 0 atom stereocenters. The maximum absolute atomic E-state index is 13.1. The third kappa shape index (κ3) is 4.51. The van der Waals surface area contributed by atoms with Crippen molar-refractivity contribution in [2.45, 2.75) is 30.5 Å². The van der Waals surface area contributed by atoms with Crippen LogP contribution in [-0.4, -0.2) is 25.1 Å². The number of nitrogens with one attached hydrogen (secondary N) is 1. The molecule has 0 unspecified atom stereocenters. The maximum Gasteiger partial charge on any atom is 0.274 e. The standard InChI is InChI=1S/C22H20FN5O2S/c1-14(2)27-13-24-22-25-17(11-20(29)28(22)27)12-31-19-6-4-3-5-18(19)26-21(30)15-7-9-16(23)10-8-15/h3-11,13-14H,12H2,1-2H3,(H,26,30). The summed E-state index contributed by atoms with van der Waals surface area (Å²) in [5, 5.41) is 2.86. The van der Waals surface area contributed by atoms with Crippen molar-refractivity contribution < 1.29 is 9.18 Å². The molecule has 0 saturated heterocycles. The number of carbonyl (C=O) groups is 1. The van der Waals surface area contributed by atoms with Crippen molar-refractivity contribution >= 4 is 29.1 Å². The van der Waals surface area contributed by atoms with Crippen molar-refractivity contribution in [1.82, 2.24) is 19.2 Å². The average Bonchev–Trinajstić information content (AvgIpc) is 3.18. The number of para-hydroxylation sites is 1. The predicted molar refractivity (Wildman–Crippen MR) is 118 cm³/mol. The molecule has 7 nitrogen and oxygen atoms in total. The van der Waals surface area contributed by atoms with E-state index in [1.807, 2.05) is 32.0 Å². The van der Waals surface area contributed by atoms with Gasteiger partial charge in [0.2, 0.25) is 0 Å². The molecule has 0 radical (unpaired) electrons. The minimum atomic E-state index is -0.397. The monoisotopic (exact) mass is 437 g/mol. The van der Waals surface area contributed by atoms with Crippen molar-refractivity contribution in [3.8, 4) is 0 Å². The second kappa shape index (κ2) is 8.73. The molecular formula is C22H20FN5O2S. The number of fused-ring (bicyclic) bond motifs is 1. The molecule has 0 aliphatic rings. The molecule has 0 spiro atoms. The molecule has 9 heteroatoms. The number of aromatic nitrogens is 4. The zero-order valence-corrected chi connectivity index (χ0v) is 17.8. The minimum absolute atomic E-state index is 0.0846. The maximum atomic E-state index is 13.1. The zero-order valence-electron chi connectivity index (χ0n) is 16.9. The van der Waals surface area contributed by atoms with E-state index in [0.29, 0.717) is 28.5 Å². The summed E-state index contributed by atoms with van der Waals surface area (Å²) in [5.74, 6) is 0.0647. The molecule has 31 heavy (non-hydrogen) atoms. The number of anilines is 1. The highest BCUT2D eigenvalue weighted by Crippen LogP contribution is 2.29. The molecule has 1 N–H and O–H groups in total. The Hall–Kier alpha value is -3.46. The minimum Gasteiger partial charge on any atom is -0.321 e. The first-order valence-electron chi connectivity index (χ1n) is 9.67. The number of rotatable bonds is 6. The molecule has 158 valence electrons. The van der Waals surface area contributed by atoms with Gasteiger partial charge in [-0.1, -0.05) is 12.1 Å². The molecular weight excluding hydrogens is 417 g/mol. The van der Waals surface area contributed by atoms with Gasteiger partial charge in [0, 0.05) is 28.3 Å². The van der Waals surface area contributed by atoms with Crippen molar-refractivity contribution in [2.24, 2.45) is 0 Å². The molecule has 2 heterocycles. The molecule has 0 aliphatic heterocycles. The second-order valence-corrected chi connectivity index (χ2v) is 8.18. The van der Waals surface area contributed by atoms with E-state index >= 15 is 0 Å². The fourth-order valence-corrected chi connectivity index (χ4v) is 3.96. The summed E-state index contributed by atoms with van der Waals surface area (Å²) in [5.41, 5.74) is 1.40. The summed E-state index contributed by atoms with van der Waals surface area (Å²) in [6.07, 6.45) is 1.60. The molecule has 0 bridgehead atoms. The molecule has 1 amide bonds. The molecule has 0 saturated carbocycles. The number of hydrogen-bond donors (Lipinski definition) is 1. The first kappa shape index (κ1) is 20.8. The van der Waals surface area contributed by atoms with Gasteiger partial charge in [0.15, 0.2) is 0 Å². The Morgan fingerprint density at radius 1 is 1.16 bits per heavy atom. The normalized spacial score (nSPS) is 11.2. The van der Waals surface area contributed by atoms with Gasteiger partial charge in [0.1, 0.15) is 12.1 Å². The summed E-state index contributed by atoms with van der Waals surface area (Å²) in [4.78, 5) is 34.6. The molecule has 4 rings (SSSR count). The Balaban J connectivity index is 1.52. The lowest BCUT2D eigenvalue weighted by molar-refractivity contribution is 0.102. The van der Waals surface area contributed by atoms with Gasteiger partial charge in [0.25, 0.3) is 17.2 Å². The van der Waals surface area contributed by atoms with E-state index in [2.05, 4.69) is 15.3 Å². The number of amides is 1. The van der Waals surface area contributed by atoms with E-state index in [9.17, 15) is 14.0 Å². The van der Waals surface area contributed by atoms with Crippen molar-refractivity contribution in [3.63, 3.8) is 0 Å². The highest BCUT2D eigenvalue weighted by Gasteiger charge is 2.13. The Bertz CT molecular complexity index is 1300. The summed E-state index contributed by atoms with van der Waals surface area (Å²) in [7, 11) is 0. The van der Waals surface area contributed by atoms with Gasteiger partial charge in [-0.2, -0.15) is 9.50 Å². The average molecular weight is 438 g/mol. The van der Waals surface area contributed by atoms with E-state index in [1.54, 1.807) is 17.1 Å². The molecule has 0 aliphatic carbocycles. The largest absolute Gasteiger partial charge is 0.321 e. The van der Waals surface area contributed by atoms with Crippen LogP contribution in [0.5, 0.6) is 0 Å². The number of benzene rings is 2. The summed E-state index contributed by atoms with van der Waals surface area (Å²) in [6, 6.07) is 14.3. The number of thioether (sulfide) groups is 1. The second-order valence-electron chi connectivity index (χ2n) is 7.16. The number of halogens is 1. The third-order valence-corrected chi connectivity index (χ3v) is 5.71. The van der Waals surface area contributed by atoms with Crippen LogP contribution in [0.3, 0.4) is 0 Å². The van der Waals surface area contributed by atoms with Crippen LogP contribution in [0, 0.1) is 5.82 Å². The van der Waals surface area contributed by atoms with Gasteiger partial charge < -0.3 is 5.32 Å². The quantitative estimate of drug-likeness (QED) is 0.458. The van der Waals surface area contributed by atoms with Gasteiger partial charge in [-0.25, -0.2) is 9.37 Å². The van der Waals surface area contributed by atoms with Crippen LogP contribution in [0.15, 0.2) is 70.6 Å². The van der Waals surface area contributed by atoms with Gasteiger partial charge >= 0.3 is 0 Å². The van der Waals surface area contributed by atoms with Crippen LogP contribution in [0.2, 0.25) is 0 Å². The summed E-state index contributed by atoms with van der Waals surface area (Å²) < 4.78 is 16.3. The highest BCUT2D eigenvalue weighted by atomic mass is 32.2. The van der Waals surface area contributed by atoms with Crippen molar-refractivity contribution in [1.29, 1.82) is 0 Å². The van der Waals surface area contributed by atoms with Crippen LogP contribution in [0.4, 0.5) is 10.1 Å². The fraction of sp³-hybridized carbons (Fsp3) is 0.182. The number of hydrogen-bond acceptors (Lipinski definition) is 5. The Morgan fingerprint density at radius 2 is 1.90 bits per heavy atom. The van der Waals surface area contributed by atoms with Crippen LogP contribution >= 0.6 is 11.8 Å². The van der Waals surface area contributed by atoms with E-state index in [4.69, 9.17) is 0 Å². The number of nitrogens with zero attached hydrogens (tertiary/aromatic N) is 4. The van der Waals surface area contributed by atoms with Crippen molar-refractivity contribution in [2.75, 3.05) is 5.32 Å². The number of carbonyl (C=O) groups excluding carboxylic acids is 1. The summed E-state index contributed by atoms with van der Waals surface area (Å²) in [6.45, 7) is 3.93. The Morgan fingerprint density at radius 3 is 2.65 bits per heavy atom. The topological polar surface area (TPSA) is 81.3 Å². The Labute approximate surface area is 181 Å². The van der Waals surface area contributed by atoms with Crippen molar-refractivity contribution in [3.05, 3.63) is 88.4 Å².